The molecule has 0 heterocycles. The van der Waals surface area contributed by atoms with Gasteiger partial charge in [0.1, 0.15) is 0 Å². The van der Waals surface area contributed by atoms with Gasteiger partial charge in [-0.25, -0.2) is 0 Å². The molecule has 0 aromatic rings. The van der Waals surface area contributed by atoms with Crippen molar-refractivity contribution in [2.24, 2.45) is 11.8 Å². The maximum absolute atomic E-state index is 11.3. The van der Waals surface area contributed by atoms with Gasteiger partial charge in [0.2, 0.25) is 11.8 Å². The molecule has 0 spiro atoms. The summed E-state index contributed by atoms with van der Waals surface area (Å²) in [5.74, 6) is 0.380. The molecule has 106 valence electrons. The van der Waals surface area contributed by atoms with E-state index in [1.807, 2.05) is 27.7 Å². The second kappa shape index (κ2) is 9.92. The van der Waals surface area contributed by atoms with Crippen LogP contribution in [0.15, 0.2) is 0 Å². The summed E-state index contributed by atoms with van der Waals surface area (Å²) in [5.41, 5.74) is 0. The second-order valence-corrected chi connectivity index (χ2v) is 5.31. The lowest BCUT2D eigenvalue weighted by Gasteiger charge is -2.08. The Bertz CT molecular complexity index is 224. The molecule has 0 radical (unpaired) electrons. The van der Waals surface area contributed by atoms with E-state index in [1.54, 1.807) is 0 Å². The first-order valence-corrected chi connectivity index (χ1v) is 7.00. The highest BCUT2D eigenvalue weighted by Crippen LogP contribution is 1.99. The quantitative estimate of drug-likeness (QED) is 0.621. The van der Waals surface area contributed by atoms with Crippen molar-refractivity contribution < 1.29 is 9.59 Å². The van der Waals surface area contributed by atoms with Crippen LogP contribution >= 0.6 is 0 Å². The number of nitrogens with one attached hydrogen (secondary N) is 2. The Morgan fingerprint density at radius 1 is 0.722 bits per heavy atom. The van der Waals surface area contributed by atoms with Gasteiger partial charge in [0, 0.05) is 24.9 Å². The molecule has 0 saturated carbocycles. The number of hydrogen-bond acceptors (Lipinski definition) is 2. The van der Waals surface area contributed by atoms with Gasteiger partial charge >= 0.3 is 0 Å². The molecule has 0 aliphatic carbocycles. The van der Waals surface area contributed by atoms with Crippen LogP contribution in [-0.4, -0.2) is 24.9 Å². The van der Waals surface area contributed by atoms with Crippen molar-refractivity contribution in [3.05, 3.63) is 0 Å². The van der Waals surface area contributed by atoms with E-state index in [2.05, 4.69) is 10.6 Å². The molecule has 0 saturated heterocycles. The van der Waals surface area contributed by atoms with E-state index >= 15 is 0 Å². The zero-order valence-corrected chi connectivity index (χ0v) is 12.2. The number of amides is 2. The van der Waals surface area contributed by atoms with E-state index < -0.39 is 0 Å². The average molecular weight is 256 g/mol. The van der Waals surface area contributed by atoms with Crippen LogP contribution in [0, 0.1) is 11.8 Å². The molecule has 0 aromatic heterocycles. The van der Waals surface area contributed by atoms with E-state index in [-0.39, 0.29) is 23.7 Å². The summed E-state index contributed by atoms with van der Waals surface area (Å²) < 4.78 is 0. The zero-order valence-electron chi connectivity index (χ0n) is 12.2. The lowest BCUT2D eigenvalue weighted by Crippen LogP contribution is -2.29. The number of carbonyl (C=O) groups excluding carboxylic acids is 2. The van der Waals surface area contributed by atoms with Crippen LogP contribution in [0.5, 0.6) is 0 Å². The molecule has 0 atom stereocenters. The minimum absolute atomic E-state index is 0.0660. The van der Waals surface area contributed by atoms with Gasteiger partial charge in [-0.3, -0.25) is 9.59 Å². The fraction of sp³-hybridized carbons (Fsp3) is 0.857. The summed E-state index contributed by atoms with van der Waals surface area (Å²) in [5, 5.41) is 5.79. The van der Waals surface area contributed by atoms with Crippen LogP contribution in [0.3, 0.4) is 0 Å². The van der Waals surface area contributed by atoms with Gasteiger partial charge in [0.25, 0.3) is 0 Å². The molecular formula is C14H28N2O2. The average Bonchev–Trinajstić information content (AvgIpc) is 2.31. The van der Waals surface area contributed by atoms with Crippen LogP contribution in [0.25, 0.3) is 0 Å². The first-order valence-electron chi connectivity index (χ1n) is 7.00. The van der Waals surface area contributed by atoms with Crippen molar-refractivity contribution in [2.75, 3.05) is 13.1 Å². The Morgan fingerprint density at radius 3 is 1.33 bits per heavy atom. The van der Waals surface area contributed by atoms with E-state index in [4.69, 9.17) is 0 Å². The van der Waals surface area contributed by atoms with Gasteiger partial charge in [-0.05, 0) is 12.8 Å². The van der Waals surface area contributed by atoms with Gasteiger partial charge in [-0.2, -0.15) is 0 Å². The molecule has 0 unspecified atom stereocenters. The number of hydrogen-bond donors (Lipinski definition) is 2. The summed E-state index contributed by atoms with van der Waals surface area (Å²) in [6, 6.07) is 0. The molecule has 2 N–H and O–H groups in total. The van der Waals surface area contributed by atoms with Crippen LogP contribution in [-0.2, 0) is 9.59 Å². The third-order valence-corrected chi connectivity index (χ3v) is 2.75. The maximum Gasteiger partial charge on any atom is 0.222 e. The first kappa shape index (κ1) is 16.9. The number of unbranched alkanes of at least 4 members (excludes halogenated alkanes) is 3. The fourth-order valence-electron chi connectivity index (χ4n) is 1.43. The second-order valence-electron chi connectivity index (χ2n) is 5.31. The normalized spacial score (nSPS) is 10.8. The molecule has 4 nitrogen and oxygen atoms in total. The molecule has 0 bridgehead atoms. The van der Waals surface area contributed by atoms with Crippen LogP contribution in [0.1, 0.15) is 53.4 Å². The topological polar surface area (TPSA) is 58.2 Å². The molecule has 0 aliphatic heterocycles. The Balaban J connectivity index is 3.27. The highest BCUT2D eigenvalue weighted by molar-refractivity contribution is 5.78. The maximum atomic E-state index is 11.3. The van der Waals surface area contributed by atoms with Gasteiger partial charge < -0.3 is 10.6 Å². The number of carbonyl (C=O) groups is 2. The SMILES string of the molecule is CC(C)C(=O)NCCCCCCNC(=O)C(C)C. The summed E-state index contributed by atoms with van der Waals surface area (Å²) in [6.07, 6.45) is 4.21. The molecule has 18 heavy (non-hydrogen) atoms. The zero-order chi connectivity index (χ0) is 14.0. The van der Waals surface area contributed by atoms with Crippen LogP contribution in [0.2, 0.25) is 0 Å². The van der Waals surface area contributed by atoms with Crippen molar-refractivity contribution in [1.82, 2.24) is 10.6 Å². The Hall–Kier alpha value is -1.06. The Kier molecular flexibility index (Phi) is 9.33. The van der Waals surface area contributed by atoms with Crippen molar-refractivity contribution in [3.8, 4) is 0 Å². The highest BCUT2D eigenvalue weighted by atomic mass is 16.2. The highest BCUT2D eigenvalue weighted by Gasteiger charge is 2.05. The lowest BCUT2D eigenvalue weighted by atomic mass is 10.1. The van der Waals surface area contributed by atoms with Crippen molar-refractivity contribution in [3.63, 3.8) is 0 Å². The third kappa shape index (κ3) is 9.02. The molecular weight excluding hydrogens is 228 g/mol. The van der Waals surface area contributed by atoms with Gasteiger partial charge in [0.15, 0.2) is 0 Å². The monoisotopic (exact) mass is 256 g/mol. The van der Waals surface area contributed by atoms with Gasteiger partial charge in [0.05, 0.1) is 0 Å². The standard InChI is InChI=1S/C14H28N2O2/c1-11(2)13(17)15-9-7-5-6-8-10-16-14(18)12(3)4/h11-12H,5-10H2,1-4H3,(H,15,17)(H,16,18). The third-order valence-electron chi connectivity index (χ3n) is 2.75. The summed E-state index contributed by atoms with van der Waals surface area (Å²) in [6.45, 7) is 9.10. The molecule has 0 fully saturated rings. The summed E-state index contributed by atoms with van der Waals surface area (Å²) in [4.78, 5) is 22.5. The number of rotatable bonds is 9. The fourth-order valence-corrected chi connectivity index (χ4v) is 1.43. The van der Waals surface area contributed by atoms with Crippen LogP contribution in [0.4, 0.5) is 0 Å². The first-order chi connectivity index (χ1) is 8.45. The minimum Gasteiger partial charge on any atom is -0.356 e. The Labute approximate surface area is 111 Å². The molecule has 0 aromatic carbocycles. The predicted octanol–water partition coefficient (Wildman–Crippen LogP) is 2.09. The van der Waals surface area contributed by atoms with Crippen molar-refractivity contribution in [1.29, 1.82) is 0 Å². The Morgan fingerprint density at radius 2 is 1.06 bits per heavy atom. The minimum atomic E-state index is 0.0660. The molecule has 0 aliphatic rings. The van der Waals surface area contributed by atoms with Gasteiger partial charge in [-0.15, -0.1) is 0 Å². The van der Waals surface area contributed by atoms with Crippen molar-refractivity contribution in [2.45, 2.75) is 53.4 Å². The van der Waals surface area contributed by atoms with E-state index in [1.165, 1.54) is 0 Å². The summed E-state index contributed by atoms with van der Waals surface area (Å²) in [7, 11) is 0. The van der Waals surface area contributed by atoms with E-state index in [9.17, 15) is 9.59 Å². The largest absolute Gasteiger partial charge is 0.356 e. The predicted molar refractivity (Wildman–Crippen MR) is 74.2 cm³/mol. The summed E-state index contributed by atoms with van der Waals surface area (Å²) >= 11 is 0. The molecule has 2 amide bonds. The van der Waals surface area contributed by atoms with Gasteiger partial charge in [-0.1, -0.05) is 40.5 Å². The molecule has 4 heteroatoms. The molecule has 0 rings (SSSR count). The van der Waals surface area contributed by atoms with E-state index in [0.717, 1.165) is 38.8 Å². The van der Waals surface area contributed by atoms with Crippen LogP contribution < -0.4 is 10.6 Å². The smallest absolute Gasteiger partial charge is 0.222 e. The van der Waals surface area contributed by atoms with Crippen molar-refractivity contribution >= 4 is 11.8 Å². The van der Waals surface area contributed by atoms with E-state index in [0.29, 0.717) is 0 Å². The lowest BCUT2D eigenvalue weighted by molar-refractivity contribution is -0.124.